The summed E-state index contributed by atoms with van der Waals surface area (Å²) in [6.07, 6.45) is 3.37. The highest BCUT2D eigenvalue weighted by Crippen LogP contribution is 2.22. The molecule has 0 saturated carbocycles. The first-order valence-electron chi connectivity index (χ1n) is 11.3. The van der Waals surface area contributed by atoms with Crippen LogP contribution in [-0.2, 0) is 9.59 Å². The molecule has 3 aromatic carbocycles. The Morgan fingerprint density at radius 1 is 0.889 bits per heavy atom. The number of nitrogens with one attached hydrogen (secondary N) is 2. The third-order valence-corrected chi connectivity index (χ3v) is 4.89. The molecule has 0 bridgehead atoms. The predicted octanol–water partition coefficient (Wildman–Crippen LogP) is 4.18. The second-order valence-electron chi connectivity index (χ2n) is 7.54. The monoisotopic (exact) mass is 489 g/mol. The lowest BCUT2D eigenvalue weighted by atomic mass is 10.2. The van der Waals surface area contributed by atoms with E-state index in [2.05, 4.69) is 22.8 Å². The van der Waals surface area contributed by atoms with E-state index in [1.54, 1.807) is 72.8 Å². The molecular weight excluding hydrogens is 462 g/mol. The molecule has 0 atom stereocenters. The number of hydrogen-bond acceptors (Lipinski definition) is 7. The van der Waals surface area contributed by atoms with Crippen molar-refractivity contribution in [3.8, 4) is 17.2 Å². The number of unbranched alkanes of at least 4 members (excludes halogenated alkanes) is 1. The van der Waals surface area contributed by atoms with Gasteiger partial charge in [-0.3, -0.25) is 9.59 Å². The van der Waals surface area contributed by atoms with Crippen molar-refractivity contribution in [1.29, 1.82) is 0 Å². The van der Waals surface area contributed by atoms with Crippen molar-refractivity contribution in [3.63, 3.8) is 0 Å². The average Bonchev–Trinajstić information content (AvgIpc) is 2.90. The van der Waals surface area contributed by atoms with E-state index in [-0.39, 0.29) is 0 Å². The molecule has 0 unspecified atom stereocenters. The minimum atomic E-state index is -0.940. The minimum Gasteiger partial charge on any atom is -0.495 e. The molecule has 0 saturated heterocycles. The number of para-hydroxylation sites is 2. The van der Waals surface area contributed by atoms with Crippen LogP contribution in [0, 0.1) is 0 Å². The van der Waals surface area contributed by atoms with Crippen molar-refractivity contribution >= 4 is 29.7 Å². The van der Waals surface area contributed by atoms with Crippen molar-refractivity contribution in [2.24, 2.45) is 5.10 Å². The number of nitrogens with zero attached hydrogens (tertiary/aromatic N) is 1. The lowest BCUT2D eigenvalue weighted by Crippen LogP contribution is -2.32. The summed E-state index contributed by atoms with van der Waals surface area (Å²) in [6.45, 7) is 2.72. The second kappa shape index (κ2) is 13.3. The van der Waals surface area contributed by atoms with Crippen LogP contribution in [0.4, 0.5) is 5.69 Å². The standard InChI is InChI=1S/C27H27N3O6/c1-3-4-17-35-21-15-11-20(12-16-21)27(33)36-22-13-9-19(10-14-22)18-28-30-26(32)25(31)29-23-7-5-6-8-24(23)34-2/h5-16,18H,3-4,17H2,1-2H3,(H,29,31)(H,30,32)/b28-18+. The Morgan fingerprint density at radius 3 is 2.28 bits per heavy atom. The van der Waals surface area contributed by atoms with Gasteiger partial charge >= 0.3 is 17.8 Å². The highest BCUT2D eigenvalue weighted by atomic mass is 16.5. The molecule has 0 aliphatic carbocycles. The molecule has 3 aromatic rings. The molecule has 9 heteroatoms. The lowest BCUT2D eigenvalue weighted by Gasteiger charge is -2.08. The van der Waals surface area contributed by atoms with Gasteiger partial charge in [0, 0.05) is 0 Å². The fourth-order valence-corrected chi connectivity index (χ4v) is 2.95. The van der Waals surface area contributed by atoms with E-state index in [4.69, 9.17) is 14.2 Å². The number of rotatable bonds is 10. The third-order valence-electron chi connectivity index (χ3n) is 4.89. The van der Waals surface area contributed by atoms with E-state index in [1.807, 2.05) is 0 Å². The van der Waals surface area contributed by atoms with Crippen molar-refractivity contribution < 1.29 is 28.6 Å². The summed E-state index contributed by atoms with van der Waals surface area (Å²) in [7, 11) is 1.46. The molecule has 186 valence electrons. The van der Waals surface area contributed by atoms with Gasteiger partial charge in [0.1, 0.15) is 17.2 Å². The molecule has 0 radical (unpaired) electrons. The molecule has 36 heavy (non-hydrogen) atoms. The predicted molar refractivity (Wildman–Crippen MR) is 136 cm³/mol. The van der Waals surface area contributed by atoms with Gasteiger partial charge in [-0.2, -0.15) is 5.10 Å². The van der Waals surface area contributed by atoms with Crippen LogP contribution in [0.2, 0.25) is 0 Å². The van der Waals surface area contributed by atoms with Crippen LogP contribution in [0.15, 0.2) is 77.9 Å². The van der Waals surface area contributed by atoms with Gasteiger partial charge in [-0.05, 0) is 72.6 Å². The molecule has 0 aliphatic rings. The van der Waals surface area contributed by atoms with Crippen LogP contribution >= 0.6 is 0 Å². The third kappa shape index (κ3) is 7.69. The molecule has 0 fully saturated rings. The molecule has 3 rings (SSSR count). The van der Waals surface area contributed by atoms with E-state index in [1.165, 1.54) is 13.3 Å². The number of carbonyl (C=O) groups is 3. The molecule has 2 amide bonds. The van der Waals surface area contributed by atoms with Crippen LogP contribution in [-0.4, -0.2) is 37.7 Å². The van der Waals surface area contributed by atoms with Crippen LogP contribution in [0.25, 0.3) is 0 Å². The van der Waals surface area contributed by atoms with E-state index >= 15 is 0 Å². The quantitative estimate of drug-likeness (QED) is 0.110. The zero-order valence-corrected chi connectivity index (χ0v) is 20.0. The van der Waals surface area contributed by atoms with Gasteiger partial charge in [0.2, 0.25) is 0 Å². The highest BCUT2D eigenvalue weighted by Gasteiger charge is 2.15. The Balaban J connectivity index is 1.48. The van der Waals surface area contributed by atoms with Gasteiger partial charge in [0.15, 0.2) is 0 Å². The van der Waals surface area contributed by atoms with Crippen molar-refractivity contribution in [3.05, 3.63) is 83.9 Å². The molecule has 0 aliphatic heterocycles. The maximum Gasteiger partial charge on any atom is 0.343 e. The van der Waals surface area contributed by atoms with Crippen molar-refractivity contribution in [1.82, 2.24) is 5.43 Å². The smallest absolute Gasteiger partial charge is 0.343 e. The van der Waals surface area contributed by atoms with Gasteiger partial charge in [-0.15, -0.1) is 0 Å². The summed E-state index contributed by atoms with van der Waals surface area (Å²) >= 11 is 0. The first-order valence-corrected chi connectivity index (χ1v) is 11.3. The first-order chi connectivity index (χ1) is 17.5. The highest BCUT2D eigenvalue weighted by molar-refractivity contribution is 6.39. The van der Waals surface area contributed by atoms with Crippen LogP contribution in [0.3, 0.4) is 0 Å². The zero-order chi connectivity index (χ0) is 25.8. The Hall–Kier alpha value is -4.66. The van der Waals surface area contributed by atoms with Crippen molar-refractivity contribution in [2.45, 2.75) is 19.8 Å². The Morgan fingerprint density at radius 2 is 1.58 bits per heavy atom. The van der Waals surface area contributed by atoms with Crippen LogP contribution in [0.5, 0.6) is 17.2 Å². The van der Waals surface area contributed by atoms with Crippen LogP contribution < -0.4 is 25.0 Å². The van der Waals surface area contributed by atoms with Crippen LogP contribution in [0.1, 0.15) is 35.7 Å². The summed E-state index contributed by atoms with van der Waals surface area (Å²) in [6, 6.07) is 20.0. The normalized spacial score (nSPS) is 10.5. The number of ether oxygens (including phenoxy) is 3. The Labute approximate surface area is 209 Å². The minimum absolute atomic E-state index is 0.348. The number of anilines is 1. The largest absolute Gasteiger partial charge is 0.495 e. The fourth-order valence-electron chi connectivity index (χ4n) is 2.95. The average molecular weight is 490 g/mol. The number of esters is 1. The molecule has 9 nitrogen and oxygen atoms in total. The Kier molecular flexibility index (Phi) is 9.58. The SMILES string of the molecule is CCCCOc1ccc(C(=O)Oc2ccc(/C=N/NC(=O)C(=O)Nc3ccccc3OC)cc2)cc1. The lowest BCUT2D eigenvalue weighted by molar-refractivity contribution is -0.136. The zero-order valence-electron chi connectivity index (χ0n) is 20.0. The Bertz CT molecular complexity index is 1210. The number of amides is 2. The van der Waals surface area contributed by atoms with Gasteiger partial charge in [-0.1, -0.05) is 25.5 Å². The number of hydrazone groups is 1. The molecule has 0 spiro atoms. The second-order valence-corrected chi connectivity index (χ2v) is 7.54. The molecular formula is C27H27N3O6. The fraction of sp³-hybridized carbons (Fsp3) is 0.185. The molecule has 0 heterocycles. The van der Waals surface area contributed by atoms with E-state index in [9.17, 15) is 14.4 Å². The summed E-state index contributed by atoms with van der Waals surface area (Å²) < 4.78 is 16.1. The van der Waals surface area contributed by atoms with E-state index < -0.39 is 17.8 Å². The summed E-state index contributed by atoms with van der Waals surface area (Å²) in [5.41, 5.74) is 3.55. The van der Waals surface area contributed by atoms with Gasteiger partial charge in [0.05, 0.1) is 31.2 Å². The summed E-state index contributed by atoms with van der Waals surface area (Å²) in [5, 5.41) is 6.24. The van der Waals surface area contributed by atoms with Crippen molar-refractivity contribution in [2.75, 3.05) is 19.0 Å². The summed E-state index contributed by atoms with van der Waals surface area (Å²) in [5.74, 6) is -0.848. The van der Waals surface area contributed by atoms with Gasteiger partial charge in [0.25, 0.3) is 0 Å². The van der Waals surface area contributed by atoms with Gasteiger partial charge in [-0.25, -0.2) is 10.2 Å². The van der Waals surface area contributed by atoms with Gasteiger partial charge < -0.3 is 19.5 Å². The first kappa shape index (κ1) is 26.0. The van der Waals surface area contributed by atoms with E-state index in [0.717, 1.165) is 12.8 Å². The number of benzene rings is 3. The topological polar surface area (TPSA) is 115 Å². The molecule has 2 N–H and O–H groups in total. The molecule has 0 aromatic heterocycles. The number of hydrogen-bond donors (Lipinski definition) is 2. The maximum atomic E-state index is 12.4. The summed E-state index contributed by atoms with van der Waals surface area (Å²) in [4.78, 5) is 36.4. The maximum absolute atomic E-state index is 12.4. The van der Waals surface area contributed by atoms with E-state index in [0.29, 0.717) is 40.7 Å². The number of carbonyl (C=O) groups excluding carboxylic acids is 3. The number of methoxy groups -OCH3 is 1.